The van der Waals surface area contributed by atoms with E-state index in [9.17, 15) is 4.79 Å². The summed E-state index contributed by atoms with van der Waals surface area (Å²) in [5.41, 5.74) is 6.59. The van der Waals surface area contributed by atoms with Gasteiger partial charge in [0.25, 0.3) is 0 Å². The van der Waals surface area contributed by atoms with Gasteiger partial charge in [-0.2, -0.15) is 0 Å². The van der Waals surface area contributed by atoms with E-state index in [1.54, 1.807) is 12.5 Å². The molecule has 3 N–H and O–H groups in total. The highest BCUT2D eigenvalue weighted by atomic mass is 28.3. The van der Waals surface area contributed by atoms with Crippen molar-refractivity contribution in [2.24, 2.45) is 5.73 Å². The molecular formula is C13H26N4O2Si. The SMILES string of the molecule is C[Si](C)(C)CCOC(=O)NCCc1cncn1CCN. The number of rotatable bonds is 8. The Morgan fingerprint density at radius 2 is 2.25 bits per heavy atom. The molecule has 0 unspecified atom stereocenters. The van der Waals surface area contributed by atoms with Gasteiger partial charge in [-0.3, -0.25) is 0 Å². The third-order valence-electron chi connectivity index (χ3n) is 2.90. The zero-order valence-electron chi connectivity index (χ0n) is 12.7. The first-order valence-corrected chi connectivity index (χ1v) is 10.7. The Morgan fingerprint density at radius 3 is 2.90 bits per heavy atom. The number of nitrogens with two attached hydrogens (primary N) is 1. The van der Waals surface area contributed by atoms with Crippen LogP contribution in [0.25, 0.3) is 0 Å². The van der Waals surface area contributed by atoms with Gasteiger partial charge in [-0.1, -0.05) is 19.6 Å². The third-order valence-corrected chi connectivity index (χ3v) is 4.61. The monoisotopic (exact) mass is 298 g/mol. The quantitative estimate of drug-likeness (QED) is 0.712. The molecule has 7 heteroatoms. The van der Waals surface area contributed by atoms with Crippen LogP contribution in [0.4, 0.5) is 4.79 Å². The first-order valence-electron chi connectivity index (χ1n) is 7.02. The summed E-state index contributed by atoms with van der Waals surface area (Å²) in [4.78, 5) is 15.6. The Kier molecular flexibility index (Phi) is 6.73. The van der Waals surface area contributed by atoms with Gasteiger partial charge in [0, 0.05) is 46.0 Å². The Bertz CT molecular complexity index is 415. The standard InChI is InChI=1S/C13H26N4O2Si/c1-20(2,3)9-8-19-13(18)16-6-4-12-10-15-11-17(12)7-5-14/h10-11H,4-9,14H2,1-3H3,(H,16,18). The zero-order chi connectivity index (χ0) is 15.0. The molecule has 1 aromatic rings. The second-order valence-corrected chi connectivity index (χ2v) is 11.6. The van der Waals surface area contributed by atoms with Crippen LogP contribution in [0.2, 0.25) is 25.7 Å². The molecule has 6 nitrogen and oxygen atoms in total. The van der Waals surface area contributed by atoms with Crippen LogP contribution in [-0.2, 0) is 17.7 Å². The van der Waals surface area contributed by atoms with Crippen molar-refractivity contribution in [3.8, 4) is 0 Å². The molecule has 0 saturated heterocycles. The van der Waals surface area contributed by atoms with Gasteiger partial charge >= 0.3 is 6.09 Å². The zero-order valence-corrected chi connectivity index (χ0v) is 13.7. The normalized spacial score (nSPS) is 11.4. The van der Waals surface area contributed by atoms with Gasteiger partial charge < -0.3 is 20.4 Å². The van der Waals surface area contributed by atoms with E-state index in [-0.39, 0.29) is 6.09 Å². The molecule has 0 aromatic carbocycles. The number of alkyl carbamates (subject to hydrolysis) is 1. The van der Waals surface area contributed by atoms with Gasteiger partial charge in [0.15, 0.2) is 0 Å². The van der Waals surface area contributed by atoms with Crippen LogP contribution in [-0.4, -0.2) is 43.4 Å². The van der Waals surface area contributed by atoms with Crippen LogP contribution in [0.1, 0.15) is 5.69 Å². The Balaban J connectivity index is 2.20. The molecular weight excluding hydrogens is 272 g/mol. The van der Waals surface area contributed by atoms with E-state index in [0.717, 1.165) is 24.7 Å². The summed E-state index contributed by atoms with van der Waals surface area (Å²) >= 11 is 0. The topological polar surface area (TPSA) is 82.2 Å². The number of hydrogen-bond acceptors (Lipinski definition) is 4. The van der Waals surface area contributed by atoms with E-state index in [1.165, 1.54) is 0 Å². The van der Waals surface area contributed by atoms with E-state index in [4.69, 9.17) is 10.5 Å². The van der Waals surface area contributed by atoms with Crippen molar-refractivity contribution in [3.05, 3.63) is 18.2 Å². The fourth-order valence-corrected chi connectivity index (χ4v) is 2.40. The molecule has 0 aliphatic rings. The molecule has 0 spiro atoms. The fraction of sp³-hybridized carbons (Fsp3) is 0.692. The lowest BCUT2D eigenvalue weighted by molar-refractivity contribution is 0.152. The van der Waals surface area contributed by atoms with Gasteiger partial charge in [0.2, 0.25) is 0 Å². The number of ether oxygens (including phenoxy) is 1. The molecule has 1 heterocycles. The predicted molar refractivity (Wildman–Crippen MR) is 82.5 cm³/mol. The summed E-state index contributed by atoms with van der Waals surface area (Å²) in [6, 6.07) is 0.990. The highest BCUT2D eigenvalue weighted by Gasteiger charge is 2.13. The summed E-state index contributed by atoms with van der Waals surface area (Å²) in [5.74, 6) is 0. The van der Waals surface area contributed by atoms with Crippen molar-refractivity contribution in [1.29, 1.82) is 0 Å². The Morgan fingerprint density at radius 1 is 1.50 bits per heavy atom. The minimum Gasteiger partial charge on any atom is -0.450 e. The van der Waals surface area contributed by atoms with Crippen LogP contribution in [0.5, 0.6) is 0 Å². The smallest absolute Gasteiger partial charge is 0.407 e. The summed E-state index contributed by atoms with van der Waals surface area (Å²) in [5, 5.41) is 2.76. The number of imidazole rings is 1. The van der Waals surface area contributed by atoms with Gasteiger partial charge in [-0.15, -0.1) is 0 Å². The van der Waals surface area contributed by atoms with E-state index in [2.05, 4.69) is 29.9 Å². The fourth-order valence-electron chi connectivity index (χ4n) is 1.69. The molecule has 0 saturated carbocycles. The maximum absolute atomic E-state index is 11.5. The number of nitrogens with one attached hydrogen (secondary N) is 1. The van der Waals surface area contributed by atoms with Crippen LogP contribution < -0.4 is 11.1 Å². The average molecular weight is 298 g/mol. The van der Waals surface area contributed by atoms with E-state index >= 15 is 0 Å². The number of carbonyl (C=O) groups excluding carboxylic acids is 1. The van der Waals surface area contributed by atoms with Crippen molar-refractivity contribution in [2.45, 2.75) is 38.7 Å². The largest absolute Gasteiger partial charge is 0.450 e. The third kappa shape index (κ3) is 6.72. The van der Waals surface area contributed by atoms with Crippen LogP contribution in [0.15, 0.2) is 12.5 Å². The lowest BCUT2D eigenvalue weighted by Crippen LogP contribution is -2.29. The Hall–Kier alpha value is -1.34. The van der Waals surface area contributed by atoms with E-state index in [0.29, 0.717) is 19.7 Å². The molecule has 0 aliphatic carbocycles. The second-order valence-electron chi connectivity index (χ2n) is 5.99. The predicted octanol–water partition coefficient (Wildman–Crippen LogP) is 1.45. The van der Waals surface area contributed by atoms with Gasteiger partial charge in [-0.25, -0.2) is 9.78 Å². The minimum atomic E-state index is -1.14. The van der Waals surface area contributed by atoms with Gasteiger partial charge in [0.1, 0.15) is 0 Å². The summed E-state index contributed by atoms with van der Waals surface area (Å²) < 4.78 is 7.16. The van der Waals surface area contributed by atoms with Crippen molar-refractivity contribution in [3.63, 3.8) is 0 Å². The molecule has 0 atom stereocenters. The highest BCUT2D eigenvalue weighted by molar-refractivity contribution is 6.76. The van der Waals surface area contributed by atoms with Crippen LogP contribution in [0, 0.1) is 0 Å². The average Bonchev–Trinajstić information content (AvgIpc) is 2.76. The molecule has 1 amide bonds. The number of nitrogens with zero attached hydrogens (tertiary/aromatic N) is 2. The second kappa shape index (κ2) is 8.06. The van der Waals surface area contributed by atoms with Crippen molar-refractivity contribution in [1.82, 2.24) is 14.9 Å². The van der Waals surface area contributed by atoms with Crippen LogP contribution >= 0.6 is 0 Å². The van der Waals surface area contributed by atoms with Crippen molar-refractivity contribution < 1.29 is 9.53 Å². The molecule has 114 valence electrons. The number of hydrogen-bond donors (Lipinski definition) is 2. The number of amides is 1. The first kappa shape index (κ1) is 16.7. The van der Waals surface area contributed by atoms with E-state index < -0.39 is 8.07 Å². The Labute approximate surface area is 121 Å². The summed E-state index contributed by atoms with van der Waals surface area (Å²) in [6.45, 7) is 9.15. The molecule has 0 fully saturated rings. The maximum atomic E-state index is 11.5. The molecule has 0 radical (unpaired) electrons. The number of carbonyl (C=O) groups is 1. The van der Waals surface area contributed by atoms with E-state index in [1.807, 2.05) is 4.57 Å². The maximum Gasteiger partial charge on any atom is 0.407 e. The molecule has 0 aliphatic heterocycles. The number of aromatic nitrogens is 2. The minimum absolute atomic E-state index is 0.340. The molecule has 1 rings (SSSR count). The highest BCUT2D eigenvalue weighted by Crippen LogP contribution is 2.07. The molecule has 1 aromatic heterocycles. The summed E-state index contributed by atoms with van der Waals surface area (Å²) in [7, 11) is -1.14. The van der Waals surface area contributed by atoms with Gasteiger partial charge in [0.05, 0.1) is 12.9 Å². The van der Waals surface area contributed by atoms with Crippen LogP contribution in [0.3, 0.4) is 0 Å². The lowest BCUT2D eigenvalue weighted by atomic mass is 10.3. The molecule has 20 heavy (non-hydrogen) atoms. The van der Waals surface area contributed by atoms with Gasteiger partial charge in [-0.05, 0) is 6.04 Å². The van der Waals surface area contributed by atoms with Crippen molar-refractivity contribution >= 4 is 14.2 Å². The molecule has 0 bridgehead atoms. The summed E-state index contributed by atoms with van der Waals surface area (Å²) in [6.07, 6.45) is 3.94. The lowest BCUT2D eigenvalue weighted by Gasteiger charge is -2.15. The first-order chi connectivity index (χ1) is 9.42. The van der Waals surface area contributed by atoms with Crippen molar-refractivity contribution in [2.75, 3.05) is 19.7 Å².